The fraction of sp³-hybridized carbons (Fsp3) is 0.143. The van der Waals surface area contributed by atoms with Crippen LogP contribution in [0, 0.1) is 0 Å². The van der Waals surface area contributed by atoms with E-state index in [1.54, 1.807) is 43.5 Å². The lowest BCUT2D eigenvalue weighted by Crippen LogP contribution is -2.18. The minimum atomic E-state index is -4.50. The molecule has 0 radical (unpaired) electrons. The van der Waals surface area contributed by atoms with E-state index >= 15 is 0 Å². The molecule has 0 spiro atoms. The number of halogens is 3. The van der Waals surface area contributed by atoms with Gasteiger partial charge in [-0.2, -0.15) is 13.2 Å². The maximum Gasteiger partial charge on any atom is 0.427 e. The summed E-state index contributed by atoms with van der Waals surface area (Å²) >= 11 is 0.375. The molecular formula is C21H17F3N4O2S. The summed E-state index contributed by atoms with van der Waals surface area (Å²) in [5.41, 5.74) is 2.23. The van der Waals surface area contributed by atoms with Crippen LogP contribution >= 0.6 is 11.3 Å². The second-order valence-electron chi connectivity index (χ2n) is 6.49. The predicted molar refractivity (Wildman–Crippen MR) is 113 cm³/mol. The third-order valence-electron chi connectivity index (χ3n) is 4.33. The molecule has 1 unspecified atom stereocenters. The molecule has 0 saturated carbocycles. The number of amides is 2. The van der Waals surface area contributed by atoms with Crippen molar-refractivity contribution in [2.75, 3.05) is 10.6 Å². The van der Waals surface area contributed by atoms with Gasteiger partial charge in [0.1, 0.15) is 10.7 Å². The molecule has 2 heterocycles. The second kappa shape index (κ2) is 9.09. The number of alkyl halides is 3. The predicted octanol–water partition coefficient (Wildman–Crippen LogP) is 5.09. The Balaban J connectivity index is 1.73. The van der Waals surface area contributed by atoms with Crippen LogP contribution < -0.4 is 10.6 Å². The number of carbonyl (C=O) groups is 2. The fourth-order valence-corrected chi connectivity index (χ4v) is 3.32. The molecule has 0 fully saturated rings. The standard InChI is InChI=1S/C21H17F3N4O2S/c1-3-18(29)27-17-8-7-15(10-25-17)14-6-4-5-13(9-14)12(2)19(30)28-20-26-11-16(31-20)21(22,23)24/h3-12H,1H2,2H3,(H,25,27,29)(H,26,28,30). The number of anilines is 2. The van der Waals surface area contributed by atoms with E-state index in [0.717, 1.165) is 17.2 Å². The maximum atomic E-state index is 12.7. The second-order valence-corrected chi connectivity index (χ2v) is 7.52. The highest BCUT2D eigenvalue weighted by atomic mass is 32.1. The first-order valence-electron chi connectivity index (χ1n) is 9.01. The Kier molecular flexibility index (Phi) is 6.50. The van der Waals surface area contributed by atoms with Crippen LogP contribution in [0.4, 0.5) is 24.1 Å². The number of rotatable bonds is 6. The molecule has 1 aromatic carbocycles. The van der Waals surface area contributed by atoms with Crippen LogP contribution in [0.2, 0.25) is 0 Å². The van der Waals surface area contributed by atoms with Gasteiger partial charge in [-0.15, -0.1) is 0 Å². The molecule has 3 rings (SSSR count). The number of benzene rings is 1. The summed E-state index contributed by atoms with van der Waals surface area (Å²) in [6, 6.07) is 10.6. The van der Waals surface area contributed by atoms with E-state index in [1.807, 2.05) is 6.07 Å². The topological polar surface area (TPSA) is 84.0 Å². The molecule has 160 valence electrons. The first-order chi connectivity index (χ1) is 14.7. The quantitative estimate of drug-likeness (QED) is 0.517. The van der Waals surface area contributed by atoms with Gasteiger partial charge in [0.25, 0.3) is 0 Å². The van der Waals surface area contributed by atoms with Gasteiger partial charge >= 0.3 is 6.18 Å². The van der Waals surface area contributed by atoms with Crippen molar-refractivity contribution in [3.63, 3.8) is 0 Å². The van der Waals surface area contributed by atoms with E-state index in [1.165, 1.54) is 0 Å². The van der Waals surface area contributed by atoms with E-state index in [0.29, 0.717) is 28.9 Å². The molecule has 3 aromatic rings. The first-order valence-corrected chi connectivity index (χ1v) is 9.82. The molecule has 2 amide bonds. The summed E-state index contributed by atoms with van der Waals surface area (Å²) in [4.78, 5) is 30.8. The van der Waals surface area contributed by atoms with Crippen LogP contribution in [0.1, 0.15) is 23.3 Å². The molecule has 6 nitrogen and oxygen atoms in total. The van der Waals surface area contributed by atoms with Gasteiger partial charge in [-0.25, -0.2) is 9.97 Å². The molecule has 0 bridgehead atoms. The van der Waals surface area contributed by atoms with Crippen LogP contribution in [0.5, 0.6) is 0 Å². The van der Waals surface area contributed by atoms with Gasteiger partial charge in [-0.1, -0.05) is 42.2 Å². The maximum absolute atomic E-state index is 12.7. The molecule has 10 heteroatoms. The van der Waals surface area contributed by atoms with Crippen molar-refractivity contribution < 1.29 is 22.8 Å². The number of aromatic nitrogens is 2. The van der Waals surface area contributed by atoms with Gasteiger partial charge in [0.05, 0.1) is 12.1 Å². The smallest absolute Gasteiger partial charge is 0.307 e. The van der Waals surface area contributed by atoms with Gasteiger partial charge < -0.3 is 10.6 Å². The Hall–Kier alpha value is -3.53. The van der Waals surface area contributed by atoms with Crippen molar-refractivity contribution in [2.24, 2.45) is 0 Å². The zero-order valence-corrected chi connectivity index (χ0v) is 17.1. The van der Waals surface area contributed by atoms with Crippen molar-refractivity contribution in [1.82, 2.24) is 9.97 Å². The average Bonchev–Trinajstić information content (AvgIpc) is 3.23. The molecular weight excluding hydrogens is 429 g/mol. The van der Waals surface area contributed by atoms with Crippen molar-refractivity contribution in [3.05, 3.63) is 71.9 Å². The van der Waals surface area contributed by atoms with E-state index in [-0.39, 0.29) is 11.0 Å². The number of hydrogen-bond acceptors (Lipinski definition) is 5. The monoisotopic (exact) mass is 446 g/mol. The Morgan fingerprint density at radius 3 is 2.48 bits per heavy atom. The van der Waals surface area contributed by atoms with Gasteiger partial charge in [-0.05, 0) is 36.3 Å². The fourth-order valence-electron chi connectivity index (χ4n) is 2.63. The lowest BCUT2D eigenvalue weighted by atomic mass is 9.96. The Morgan fingerprint density at radius 1 is 1.10 bits per heavy atom. The van der Waals surface area contributed by atoms with Gasteiger partial charge in [0, 0.05) is 11.8 Å². The summed E-state index contributed by atoms with van der Waals surface area (Å²) < 4.78 is 38.1. The number of pyridine rings is 1. The number of nitrogens with one attached hydrogen (secondary N) is 2. The largest absolute Gasteiger partial charge is 0.427 e. The van der Waals surface area contributed by atoms with Gasteiger partial charge in [0.2, 0.25) is 11.8 Å². The minimum Gasteiger partial charge on any atom is -0.307 e. The van der Waals surface area contributed by atoms with E-state index in [2.05, 4.69) is 27.2 Å². The van der Waals surface area contributed by atoms with Gasteiger partial charge in [-0.3, -0.25) is 9.59 Å². The van der Waals surface area contributed by atoms with Crippen LogP contribution in [-0.2, 0) is 15.8 Å². The number of thiazole rings is 1. The van der Waals surface area contributed by atoms with E-state index < -0.39 is 22.9 Å². The van der Waals surface area contributed by atoms with Crippen LogP contribution in [0.25, 0.3) is 11.1 Å². The van der Waals surface area contributed by atoms with Crippen molar-refractivity contribution in [1.29, 1.82) is 0 Å². The van der Waals surface area contributed by atoms with Crippen LogP contribution in [0.3, 0.4) is 0 Å². The van der Waals surface area contributed by atoms with E-state index in [4.69, 9.17) is 0 Å². The number of hydrogen-bond donors (Lipinski definition) is 2. The number of carbonyl (C=O) groups excluding carboxylic acids is 2. The van der Waals surface area contributed by atoms with Crippen molar-refractivity contribution in [2.45, 2.75) is 19.0 Å². The summed E-state index contributed by atoms with van der Waals surface area (Å²) in [6.07, 6.45) is -1.09. The molecule has 0 saturated heterocycles. The summed E-state index contributed by atoms with van der Waals surface area (Å²) in [5, 5.41) is 4.87. The van der Waals surface area contributed by atoms with Crippen LogP contribution in [0.15, 0.2) is 61.4 Å². The highest BCUT2D eigenvalue weighted by Crippen LogP contribution is 2.35. The van der Waals surface area contributed by atoms with Gasteiger partial charge in [0.15, 0.2) is 5.13 Å². The summed E-state index contributed by atoms with van der Waals surface area (Å²) in [5.74, 6) is -1.10. The van der Waals surface area contributed by atoms with Crippen molar-refractivity contribution in [3.8, 4) is 11.1 Å². The molecule has 1 atom stereocenters. The van der Waals surface area contributed by atoms with Crippen molar-refractivity contribution >= 4 is 34.1 Å². The minimum absolute atomic E-state index is 0.110. The summed E-state index contributed by atoms with van der Waals surface area (Å²) in [7, 11) is 0. The average molecular weight is 446 g/mol. The zero-order chi connectivity index (χ0) is 22.6. The highest BCUT2D eigenvalue weighted by molar-refractivity contribution is 7.15. The lowest BCUT2D eigenvalue weighted by Gasteiger charge is -2.13. The first kappa shape index (κ1) is 22.2. The SMILES string of the molecule is C=CC(=O)Nc1ccc(-c2cccc(C(C)C(=O)Nc3ncc(C(F)(F)F)s3)c2)cn1. The molecule has 0 aliphatic heterocycles. The third-order valence-corrected chi connectivity index (χ3v) is 5.29. The van der Waals surface area contributed by atoms with E-state index in [9.17, 15) is 22.8 Å². The number of nitrogens with zero attached hydrogens (tertiary/aromatic N) is 2. The summed E-state index contributed by atoms with van der Waals surface area (Å²) in [6.45, 7) is 5.03. The molecule has 31 heavy (non-hydrogen) atoms. The lowest BCUT2D eigenvalue weighted by molar-refractivity contribution is -0.134. The highest BCUT2D eigenvalue weighted by Gasteiger charge is 2.33. The Morgan fingerprint density at radius 2 is 1.87 bits per heavy atom. The van der Waals surface area contributed by atoms with Crippen LogP contribution in [-0.4, -0.2) is 21.8 Å². The Labute approximate surface area is 179 Å². The molecule has 2 aromatic heterocycles. The third kappa shape index (κ3) is 5.54. The molecule has 0 aliphatic rings. The molecule has 0 aliphatic carbocycles. The normalized spacial score (nSPS) is 12.1. The Bertz CT molecular complexity index is 1110. The zero-order valence-electron chi connectivity index (χ0n) is 16.2. The molecule has 2 N–H and O–H groups in total.